The molecular formula is C23H26N2O5. The summed E-state index contributed by atoms with van der Waals surface area (Å²) in [7, 11) is 3.80. The average Bonchev–Trinajstić information content (AvgIpc) is 3.35. The molecule has 3 heterocycles. The third-order valence-electron chi connectivity index (χ3n) is 5.53. The van der Waals surface area contributed by atoms with Gasteiger partial charge in [-0.1, -0.05) is 0 Å². The smallest absolute Gasteiger partial charge is 0.295 e. The molecular weight excluding hydrogens is 384 g/mol. The quantitative estimate of drug-likeness (QED) is 0.464. The summed E-state index contributed by atoms with van der Waals surface area (Å²) in [5.41, 5.74) is 1.52. The van der Waals surface area contributed by atoms with Gasteiger partial charge in [0.2, 0.25) is 0 Å². The predicted octanol–water partition coefficient (Wildman–Crippen LogP) is 2.89. The number of benzene rings is 1. The predicted molar refractivity (Wildman–Crippen MR) is 111 cm³/mol. The minimum absolute atomic E-state index is 0.0556. The van der Waals surface area contributed by atoms with Gasteiger partial charge in [0.25, 0.3) is 11.7 Å². The highest BCUT2D eigenvalue weighted by atomic mass is 16.5. The molecule has 0 aliphatic carbocycles. The van der Waals surface area contributed by atoms with Crippen molar-refractivity contribution in [3.63, 3.8) is 0 Å². The van der Waals surface area contributed by atoms with Gasteiger partial charge in [0.15, 0.2) is 0 Å². The zero-order valence-electron chi connectivity index (χ0n) is 17.6. The summed E-state index contributed by atoms with van der Waals surface area (Å²) in [6, 6.07) is 8.11. The van der Waals surface area contributed by atoms with Gasteiger partial charge < -0.3 is 24.1 Å². The van der Waals surface area contributed by atoms with Gasteiger partial charge >= 0.3 is 0 Å². The molecule has 7 nitrogen and oxygen atoms in total. The highest BCUT2D eigenvalue weighted by Crippen LogP contribution is 2.40. The molecule has 1 saturated heterocycles. The Labute approximate surface area is 175 Å². The fourth-order valence-corrected chi connectivity index (χ4v) is 4.04. The van der Waals surface area contributed by atoms with Gasteiger partial charge in [0.05, 0.1) is 5.57 Å². The molecule has 0 saturated carbocycles. The van der Waals surface area contributed by atoms with Crippen molar-refractivity contribution in [2.45, 2.75) is 32.4 Å². The summed E-state index contributed by atoms with van der Waals surface area (Å²) >= 11 is 0. The van der Waals surface area contributed by atoms with Crippen LogP contribution in [0.1, 0.15) is 35.6 Å². The first-order valence-corrected chi connectivity index (χ1v) is 10.1. The Hall–Kier alpha value is -3.06. The van der Waals surface area contributed by atoms with E-state index in [4.69, 9.17) is 9.15 Å². The van der Waals surface area contributed by atoms with E-state index in [0.29, 0.717) is 30.2 Å². The lowest BCUT2D eigenvalue weighted by molar-refractivity contribution is -0.140. The molecule has 7 heteroatoms. The fraction of sp³-hybridized carbons (Fsp3) is 0.391. The second-order valence-corrected chi connectivity index (χ2v) is 8.20. The number of Topliss-reactive ketones (excluding diaryl/α,β-unsaturated/α-hetero) is 1. The van der Waals surface area contributed by atoms with E-state index >= 15 is 0 Å². The molecule has 2 unspecified atom stereocenters. The van der Waals surface area contributed by atoms with Crippen LogP contribution in [0.4, 0.5) is 0 Å². The number of amides is 1. The van der Waals surface area contributed by atoms with Gasteiger partial charge in [-0.3, -0.25) is 9.59 Å². The second kappa shape index (κ2) is 7.65. The van der Waals surface area contributed by atoms with E-state index in [1.807, 2.05) is 32.0 Å². The van der Waals surface area contributed by atoms with E-state index in [1.54, 1.807) is 31.2 Å². The number of carbonyl (C=O) groups excluding carboxylic acids is 2. The molecule has 4 rings (SSSR count). The number of furan rings is 1. The van der Waals surface area contributed by atoms with Crippen LogP contribution in [-0.4, -0.2) is 59.9 Å². The van der Waals surface area contributed by atoms with Crippen LogP contribution < -0.4 is 4.74 Å². The zero-order valence-corrected chi connectivity index (χ0v) is 17.6. The number of aliphatic hydroxyl groups is 1. The van der Waals surface area contributed by atoms with E-state index in [9.17, 15) is 14.7 Å². The number of rotatable bonds is 5. The summed E-state index contributed by atoms with van der Waals surface area (Å²) < 4.78 is 11.5. The van der Waals surface area contributed by atoms with Crippen LogP contribution in [0.5, 0.6) is 5.75 Å². The number of hydrogen-bond donors (Lipinski definition) is 1. The third kappa shape index (κ3) is 3.50. The van der Waals surface area contributed by atoms with Crippen molar-refractivity contribution in [3.8, 4) is 5.75 Å². The molecule has 0 spiro atoms. The second-order valence-electron chi connectivity index (χ2n) is 8.20. The molecule has 1 amide bonds. The molecule has 1 aromatic carbocycles. The van der Waals surface area contributed by atoms with E-state index in [1.165, 1.54) is 4.90 Å². The number of fused-ring (bicyclic) bond motifs is 1. The molecule has 1 N–H and O–H groups in total. The number of nitrogens with zero attached hydrogens (tertiary/aromatic N) is 2. The first kappa shape index (κ1) is 20.2. The lowest BCUT2D eigenvalue weighted by Gasteiger charge is -2.24. The maximum atomic E-state index is 13.0. The normalized spacial score (nSPS) is 22.6. The number of aliphatic hydroxyl groups excluding tert-OH is 1. The first-order valence-electron chi connectivity index (χ1n) is 10.1. The molecule has 30 heavy (non-hydrogen) atoms. The van der Waals surface area contributed by atoms with Gasteiger partial charge in [0.1, 0.15) is 35.2 Å². The van der Waals surface area contributed by atoms with Crippen LogP contribution in [0, 0.1) is 6.92 Å². The molecule has 2 aliphatic heterocycles. The van der Waals surface area contributed by atoms with Crippen LogP contribution >= 0.6 is 0 Å². The number of likely N-dealkylation sites (N-methyl/N-ethyl adjacent to an activating group) is 1. The number of carbonyl (C=O) groups is 2. The highest BCUT2D eigenvalue weighted by Gasteiger charge is 2.47. The Morgan fingerprint density at radius 3 is 2.67 bits per heavy atom. The zero-order chi connectivity index (χ0) is 21.6. The first-order chi connectivity index (χ1) is 14.3. The van der Waals surface area contributed by atoms with Crippen LogP contribution in [0.15, 0.2) is 40.3 Å². The van der Waals surface area contributed by atoms with Crippen molar-refractivity contribution in [1.29, 1.82) is 0 Å². The van der Waals surface area contributed by atoms with Crippen LogP contribution in [0.3, 0.4) is 0 Å². The molecule has 2 atom stereocenters. The van der Waals surface area contributed by atoms with Crippen molar-refractivity contribution in [2.75, 3.05) is 27.2 Å². The van der Waals surface area contributed by atoms with Crippen molar-refractivity contribution >= 4 is 17.4 Å². The van der Waals surface area contributed by atoms with Gasteiger partial charge in [0, 0.05) is 25.1 Å². The molecule has 1 fully saturated rings. The number of ether oxygens (including phenoxy) is 1. The molecule has 1 aromatic heterocycles. The SMILES string of the molecule is Cc1ccc(C2C(=C(O)c3ccc4c(c3)CC(C)O4)C(=O)C(=O)N2CCN(C)C)o1. The Morgan fingerprint density at radius 2 is 2.00 bits per heavy atom. The molecule has 2 aromatic rings. The number of aryl methyl sites for hydroxylation is 1. The van der Waals surface area contributed by atoms with Gasteiger partial charge in [-0.15, -0.1) is 0 Å². The minimum Gasteiger partial charge on any atom is -0.507 e. The van der Waals surface area contributed by atoms with Crippen molar-refractivity contribution in [2.24, 2.45) is 0 Å². The van der Waals surface area contributed by atoms with Crippen molar-refractivity contribution in [3.05, 3.63) is 58.6 Å². The Kier molecular flexibility index (Phi) is 5.15. The van der Waals surface area contributed by atoms with Crippen LogP contribution in [-0.2, 0) is 16.0 Å². The van der Waals surface area contributed by atoms with Gasteiger partial charge in [-0.05, 0) is 63.8 Å². The van der Waals surface area contributed by atoms with Crippen molar-refractivity contribution in [1.82, 2.24) is 9.80 Å². The Balaban J connectivity index is 1.80. The average molecular weight is 410 g/mol. The van der Waals surface area contributed by atoms with Crippen LogP contribution in [0.25, 0.3) is 5.76 Å². The lowest BCUT2D eigenvalue weighted by Crippen LogP contribution is -2.35. The van der Waals surface area contributed by atoms with E-state index in [0.717, 1.165) is 17.7 Å². The summed E-state index contributed by atoms with van der Waals surface area (Å²) in [4.78, 5) is 29.2. The van der Waals surface area contributed by atoms with E-state index in [2.05, 4.69) is 0 Å². The Bertz CT molecular complexity index is 1040. The number of hydrogen-bond acceptors (Lipinski definition) is 6. The number of ketones is 1. The molecule has 2 aliphatic rings. The summed E-state index contributed by atoms with van der Waals surface area (Å²) in [6.07, 6.45) is 0.800. The maximum absolute atomic E-state index is 13.0. The molecule has 0 radical (unpaired) electrons. The summed E-state index contributed by atoms with van der Waals surface area (Å²) in [5.74, 6) is 0.397. The largest absolute Gasteiger partial charge is 0.507 e. The lowest BCUT2D eigenvalue weighted by atomic mass is 9.97. The van der Waals surface area contributed by atoms with E-state index in [-0.39, 0.29) is 17.4 Å². The number of likely N-dealkylation sites (tertiary alicyclic amines) is 1. The summed E-state index contributed by atoms with van der Waals surface area (Å²) in [5, 5.41) is 11.1. The standard InChI is InChI=1S/C23H26N2O5/c1-13-5-7-18(29-13)20-19(22(27)23(28)25(20)10-9-24(3)4)21(26)15-6-8-17-16(12-15)11-14(2)30-17/h5-8,12,14,20,26H,9-11H2,1-4H3. The topological polar surface area (TPSA) is 83.2 Å². The van der Waals surface area contributed by atoms with Crippen LogP contribution in [0.2, 0.25) is 0 Å². The summed E-state index contributed by atoms with van der Waals surface area (Å²) in [6.45, 7) is 4.71. The van der Waals surface area contributed by atoms with Gasteiger partial charge in [-0.25, -0.2) is 0 Å². The third-order valence-corrected chi connectivity index (χ3v) is 5.53. The maximum Gasteiger partial charge on any atom is 0.295 e. The molecule has 0 bridgehead atoms. The van der Waals surface area contributed by atoms with Gasteiger partial charge in [-0.2, -0.15) is 0 Å². The minimum atomic E-state index is -0.762. The molecule has 158 valence electrons. The fourth-order valence-electron chi connectivity index (χ4n) is 4.04. The Morgan fingerprint density at radius 1 is 1.23 bits per heavy atom. The van der Waals surface area contributed by atoms with E-state index < -0.39 is 17.7 Å². The monoisotopic (exact) mass is 410 g/mol. The highest BCUT2D eigenvalue weighted by molar-refractivity contribution is 6.46. The van der Waals surface area contributed by atoms with Crippen molar-refractivity contribution < 1.29 is 23.8 Å².